The molecule has 2 aromatic heterocycles. The van der Waals surface area contributed by atoms with Crippen LogP contribution in [0.25, 0.3) is 11.4 Å². The van der Waals surface area contributed by atoms with Gasteiger partial charge in [0.1, 0.15) is 17.4 Å². The second kappa shape index (κ2) is 10.8. The zero-order chi connectivity index (χ0) is 24.9. The maximum atomic E-state index is 12.4. The van der Waals surface area contributed by atoms with Crippen molar-refractivity contribution >= 4 is 40.7 Å². The molecule has 2 amide bonds. The largest absolute Gasteiger partial charge is 0.495 e. The van der Waals surface area contributed by atoms with E-state index in [4.69, 9.17) is 27.9 Å². The van der Waals surface area contributed by atoms with Crippen LogP contribution in [0.2, 0.25) is 10.0 Å². The van der Waals surface area contributed by atoms with Crippen molar-refractivity contribution in [3.05, 3.63) is 81.7 Å². The van der Waals surface area contributed by atoms with Gasteiger partial charge in [-0.2, -0.15) is 0 Å². The lowest BCUT2D eigenvalue weighted by molar-refractivity contribution is 0.262. The van der Waals surface area contributed by atoms with Crippen molar-refractivity contribution < 1.29 is 9.53 Å². The molecule has 2 aromatic carbocycles. The van der Waals surface area contributed by atoms with Crippen LogP contribution >= 0.6 is 23.2 Å². The average Bonchev–Trinajstić information content (AvgIpc) is 3.19. The number of aromatic nitrogens is 4. The maximum absolute atomic E-state index is 12.4. The number of carbonyl (C=O) groups excluding carboxylic acids is 1. The molecular weight excluding hydrogens is 487 g/mol. The fourth-order valence-corrected chi connectivity index (χ4v) is 4.21. The van der Waals surface area contributed by atoms with Crippen LogP contribution in [0.1, 0.15) is 17.0 Å². The predicted molar refractivity (Wildman–Crippen MR) is 138 cm³/mol. The Bertz CT molecular complexity index is 1330. The monoisotopic (exact) mass is 510 g/mol. The Hall–Kier alpha value is -3.62. The first-order valence-electron chi connectivity index (χ1n) is 10.9. The van der Waals surface area contributed by atoms with Crippen LogP contribution in [0, 0.1) is 6.92 Å². The first-order chi connectivity index (χ1) is 16.9. The SMILES string of the molecule is COc1ccc(C)cc1NC(=O)Nc1ccc(-c2nnc(CCc3c(Cl)cccc3Cl)n2C)cn1. The van der Waals surface area contributed by atoms with E-state index in [0.717, 1.165) is 22.5 Å². The van der Waals surface area contributed by atoms with Gasteiger partial charge in [0, 0.05) is 35.3 Å². The number of nitrogens with zero attached hydrogens (tertiary/aromatic N) is 4. The van der Waals surface area contributed by atoms with Gasteiger partial charge in [0.15, 0.2) is 5.82 Å². The van der Waals surface area contributed by atoms with Crippen LogP contribution in [-0.2, 0) is 19.9 Å². The second-order valence-corrected chi connectivity index (χ2v) is 8.73. The van der Waals surface area contributed by atoms with E-state index in [1.807, 2.05) is 54.9 Å². The van der Waals surface area contributed by atoms with Gasteiger partial charge in [0.05, 0.1) is 12.8 Å². The molecule has 0 saturated heterocycles. The minimum absolute atomic E-state index is 0.397. The van der Waals surface area contributed by atoms with Gasteiger partial charge < -0.3 is 14.6 Å². The molecule has 0 spiro atoms. The molecule has 180 valence electrons. The lowest BCUT2D eigenvalue weighted by Gasteiger charge is -2.12. The molecule has 2 heterocycles. The van der Waals surface area contributed by atoms with Crippen molar-refractivity contribution in [2.24, 2.45) is 7.05 Å². The number of benzene rings is 2. The summed E-state index contributed by atoms with van der Waals surface area (Å²) in [7, 11) is 3.45. The molecule has 8 nitrogen and oxygen atoms in total. The number of hydrogen-bond donors (Lipinski definition) is 2. The van der Waals surface area contributed by atoms with Gasteiger partial charge in [0.25, 0.3) is 0 Å². The van der Waals surface area contributed by atoms with E-state index in [9.17, 15) is 4.79 Å². The number of rotatable bonds is 7. The van der Waals surface area contributed by atoms with E-state index in [0.29, 0.717) is 46.0 Å². The van der Waals surface area contributed by atoms with Crippen molar-refractivity contribution in [3.63, 3.8) is 0 Å². The standard InChI is InChI=1S/C25H24Cl2N6O2/c1-15-7-10-21(35-3)20(13-15)29-25(34)30-22-11-8-16(14-28-22)24-32-31-23(33(24)2)12-9-17-18(26)5-4-6-19(17)27/h4-8,10-11,13-14H,9,12H2,1-3H3,(H2,28,29,30,34). The van der Waals surface area contributed by atoms with Gasteiger partial charge in [-0.05, 0) is 60.9 Å². The van der Waals surface area contributed by atoms with Crippen LogP contribution in [0.5, 0.6) is 5.75 Å². The van der Waals surface area contributed by atoms with E-state index >= 15 is 0 Å². The topological polar surface area (TPSA) is 94.0 Å². The molecule has 0 fully saturated rings. The Balaban J connectivity index is 1.41. The van der Waals surface area contributed by atoms with Crippen LogP contribution in [0.3, 0.4) is 0 Å². The number of carbonyl (C=O) groups is 1. The normalized spacial score (nSPS) is 10.8. The molecule has 0 saturated carbocycles. The Kier molecular flexibility index (Phi) is 7.53. The number of ether oxygens (including phenoxy) is 1. The quantitative estimate of drug-likeness (QED) is 0.321. The third kappa shape index (κ3) is 5.72. The molecule has 0 aliphatic carbocycles. The molecule has 0 unspecified atom stereocenters. The van der Waals surface area contributed by atoms with Crippen molar-refractivity contribution in [2.45, 2.75) is 19.8 Å². The molecule has 0 aliphatic heterocycles. The average molecular weight is 511 g/mol. The summed E-state index contributed by atoms with van der Waals surface area (Å²) in [5.74, 6) is 2.43. The number of methoxy groups -OCH3 is 1. The fourth-order valence-electron chi connectivity index (χ4n) is 3.63. The van der Waals surface area contributed by atoms with Crippen LogP contribution in [0.4, 0.5) is 16.3 Å². The highest BCUT2D eigenvalue weighted by Crippen LogP contribution is 2.27. The predicted octanol–water partition coefficient (Wildman–Crippen LogP) is 5.93. The molecular formula is C25H24Cl2N6O2. The Morgan fingerprint density at radius 1 is 1.03 bits per heavy atom. The number of aryl methyl sites for hydroxylation is 2. The highest BCUT2D eigenvalue weighted by molar-refractivity contribution is 6.36. The summed E-state index contributed by atoms with van der Waals surface area (Å²) in [6.07, 6.45) is 2.91. The summed E-state index contributed by atoms with van der Waals surface area (Å²) in [6.45, 7) is 1.94. The minimum atomic E-state index is -0.423. The van der Waals surface area contributed by atoms with Gasteiger partial charge in [-0.1, -0.05) is 35.3 Å². The third-order valence-electron chi connectivity index (χ3n) is 5.49. The number of halogens is 2. The summed E-state index contributed by atoms with van der Waals surface area (Å²) < 4.78 is 7.21. The minimum Gasteiger partial charge on any atom is -0.495 e. The highest BCUT2D eigenvalue weighted by atomic mass is 35.5. The van der Waals surface area contributed by atoms with Crippen molar-refractivity contribution in [1.29, 1.82) is 0 Å². The molecule has 10 heteroatoms. The number of hydrogen-bond acceptors (Lipinski definition) is 5. The number of nitrogens with one attached hydrogen (secondary N) is 2. The number of pyridine rings is 1. The van der Waals surface area contributed by atoms with E-state index in [-0.39, 0.29) is 0 Å². The lowest BCUT2D eigenvalue weighted by atomic mass is 10.1. The van der Waals surface area contributed by atoms with Gasteiger partial charge in [-0.25, -0.2) is 9.78 Å². The van der Waals surface area contributed by atoms with E-state index in [2.05, 4.69) is 25.8 Å². The summed E-state index contributed by atoms with van der Waals surface area (Å²) in [4.78, 5) is 16.8. The zero-order valence-corrected chi connectivity index (χ0v) is 21.0. The van der Waals surface area contributed by atoms with Crippen LogP contribution < -0.4 is 15.4 Å². The Morgan fingerprint density at radius 3 is 2.49 bits per heavy atom. The molecule has 0 radical (unpaired) electrons. The Labute approximate surface area is 213 Å². The molecule has 0 aliphatic rings. The van der Waals surface area contributed by atoms with Crippen molar-refractivity contribution in [2.75, 3.05) is 17.7 Å². The zero-order valence-electron chi connectivity index (χ0n) is 19.5. The summed E-state index contributed by atoms with van der Waals surface area (Å²) in [5.41, 5.74) is 3.24. The third-order valence-corrected chi connectivity index (χ3v) is 6.20. The molecule has 2 N–H and O–H groups in total. The van der Waals surface area contributed by atoms with E-state index < -0.39 is 6.03 Å². The van der Waals surface area contributed by atoms with Gasteiger partial charge in [0.2, 0.25) is 0 Å². The fraction of sp³-hybridized carbons (Fsp3) is 0.200. The first kappa shape index (κ1) is 24.5. The number of amides is 2. The lowest BCUT2D eigenvalue weighted by Crippen LogP contribution is -2.20. The van der Waals surface area contributed by atoms with Crippen LogP contribution in [0.15, 0.2) is 54.7 Å². The summed E-state index contributed by atoms with van der Waals surface area (Å²) in [5, 5.41) is 15.4. The second-order valence-electron chi connectivity index (χ2n) is 7.91. The first-order valence-corrected chi connectivity index (χ1v) is 11.6. The molecule has 4 rings (SSSR count). The van der Waals surface area contributed by atoms with E-state index in [1.54, 1.807) is 25.4 Å². The van der Waals surface area contributed by atoms with E-state index in [1.165, 1.54) is 0 Å². The smallest absolute Gasteiger partial charge is 0.324 e. The number of anilines is 2. The van der Waals surface area contributed by atoms with Crippen LogP contribution in [-0.4, -0.2) is 32.9 Å². The molecule has 0 atom stereocenters. The highest BCUT2D eigenvalue weighted by Gasteiger charge is 2.14. The van der Waals surface area contributed by atoms with Crippen molar-refractivity contribution in [3.8, 4) is 17.1 Å². The maximum Gasteiger partial charge on any atom is 0.324 e. The molecule has 35 heavy (non-hydrogen) atoms. The van der Waals surface area contributed by atoms with Gasteiger partial charge >= 0.3 is 6.03 Å². The Morgan fingerprint density at radius 2 is 1.80 bits per heavy atom. The number of urea groups is 1. The summed E-state index contributed by atoms with van der Waals surface area (Å²) in [6, 6.07) is 14.1. The van der Waals surface area contributed by atoms with Crippen molar-refractivity contribution in [1.82, 2.24) is 19.7 Å². The molecule has 0 bridgehead atoms. The summed E-state index contributed by atoms with van der Waals surface area (Å²) >= 11 is 12.6. The van der Waals surface area contributed by atoms with Gasteiger partial charge in [-0.3, -0.25) is 5.32 Å². The van der Waals surface area contributed by atoms with Gasteiger partial charge in [-0.15, -0.1) is 10.2 Å². The molecule has 4 aromatic rings.